The van der Waals surface area contributed by atoms with E-state index in [9.17, 15) is 8.42 Å². The van der Waals surface area contributed by atoms with Gasteiger partial charge in [0, 0.05) is 12.6 Å². The van der Waals surface area contributed by atoms with Gasteiger partial charge in [-0.05, 0) is 12.8 Å². The van der Waals surface area contributed by atoms with Crippen molar-refractivity contribution in [3.8, 4) is 0 Å². The first kappa shape index (κ1) is 12.3. The number of aromatic nitrogens is 1. The maximum atomic E-state index is 12.1. The number of halogens is 1. The Kier molecular flexibility index (Phi) is 3.50. The van der Waals surface area contributed by atoms with Gasteiger partial charge in [0.1, 0.15) is 0 Å². The Bertz CT molecular complexity index is 473. The largest absolute Gasteiger partial charge is 0.395 e. The Morgan fingerprint density at radius 2 is 2.44 bits per heavy atom. The van der Waals surface area contributed by atoms with Crippen LogP contribution in [0, 0.1) is 0 Å². The molecule has 1 aromatic heterocycles. The first-order valence-electron chi connectivity index (χ1n) is 4.79. The number of aliphatic hydroxyl groups excluding tert-OH is 1. The summed E-state index contributed by atoms with van der Waals surface area (Å²) in [5, 5.41) is 9.11. The molecule has 2 heterocycles. The fourth-order valence-corrected chi connectivity index (χ4v) is 4.89. The minimum absolute atomic E-state index is 0.137. The summed E-state index contributed by atoms with van der Waals surface area (Å²) in [6.45, 7) is 0.300. The highest BCUT2D eigenvalue weighted by atomic mass is 35.5. The monoisotopic (exact) mass is 282 g/mol. The second-order valence-electron chi connectivity index (χ2n) is 3.53. The lowest BCUT2D eigenvalue weighted by Gasteiger charge is -2.20. The molecule has 0 bridgehead atoms. The number of hydrogen-bond donors (Lipinski definition) is 1. The SMILES string of the molecule is O=S(=O)(c1cnc(Cl)s1)N1CCC[C@@H]1CO. The molecule has 16 heavy (non-hydrogen) atoms. The zero-order valence-electron chi connectivity index (χ0n) is 8.34. The summed E-state index contributed by atoms with van der Waals surface area (Å²) in [6.07, 6.45) is 2.73. The second-order valence-corrected chi connectivity index (χ2v) is 7.26. The average molecular weight is 283 g/mol. The van der Waals surface area contributed by atoms with Gasteiger partial charge >= 0.3 is 0 Å². The van der Waals surface area contributed by atoms with Crippen LogP contribution in [0.15, 0.2) is 10.4 Å². The lowest BCUT2D eigenvalue weighted by molar-refractivity contribution is 0.213. The Morgan fingerprint density at radius 1 is 1.69 bits per heavy atom. The summed E-state index contributed by atoms with van der Waals surface area (Å²) in [6, 6.07) is -0.314. The molecule has 0 unspecified atom stereocenters. The van der Waals surface area contributed by atoms with E-state index >= 15 is 0 Å². The van der Waals surface area contributed by atoms with Gasteiger partial charge in [-0.25, -0.2) is 13.4 Å². The van der Waals surface area contributed by atoms with Crippen molar-refractivity contribution >= 4 is 33.0 Å². The maximum absolute atomic E-state index is 12.1. The first-order chi connectivity index (χ1) is 7.55. The molecule has 0 radical (unpaired) electrons. The quantitative estimate of drug-likeness (QED) is 0.896. The van der Waals surface area contributed by atoms with Crippen LogP contribution in [0.25, 0.3) is 0 Å². The van der Waals surface area contributed by atoms with Gasteiger partial charge in [-0.1, -0.05) is 22.9 Å². The van der Waals surface area contributed by atoms with Crippen molar-refractivity contribution in [2.24, 2.45) is 0 Å². The fourth-order valence-electron chi connectivity index (χ4n) is 1.78. The molecule has 1 aliphatic heterocycles. The Labute approximate surface area is 103 Å². The molecule has 0 saturated carbocycles. The van der Waals surface area contributed by atoms with E-state index in [1.54, 1.807) is 0 Å². The van der Waals surface area contributed by atoms with Crippen LogP contribution in [-0.2, 0) is 10.0 Å². The highest BCUT2D eigenvalue weighted by Gasteiger charge is 2.35. The molecule has 1 aliphatic rings. The number of sulfonamides is 1. The van der Waals surface area contributed by atoms with E-state index < -0.39 is 10.0 Å². The molecule has 1 N–H and O–H groups in total. The standard InChI is InChI=1S/C8H11ClN2O3S2/c9-8-10-4-7(15-8)16(13,14)11-3-1-2-6(11)5-12/h4,6,12H,1-3,5H2/t6-/m1/s1. The van der Waals surface area contributed by atoms with E-state index in [-0.39, 0.29) is 21.3 Å². The summed E-state index contributed by atoms with van der Waals surface area (Å²) in [4.78, 5) is 3.72. The minimum atomic E-state index is -3.53. The van der Waals surface area contributed by atoms with Crippen molar-refractivity contribution in [1.29, 1.82) is 0 Å². The van der Waals surface area contributed by atoms with E-state index in [1.807, 2.05) is 0 Å². The fraction of sp³-hybridized carbons (Fsp3) is 0.625. The molecule has 1 atom stereocenters. The molecule has 1 saturated heterocycles. The summed E-state index contributed by atoms with van der Waals surface area (Å²) in [5.74, 6) is 0. The number of aliphatic hydroxyl groups is 1. The van der Waals surface area contributed by atoms with Crippen LogP contribution in [0.2, 0.25) is 4.47 Å². The van der Waals surface area contributed by atoms with Gasteiger partial charge < -0.3 is 5.11 Å². The van der Waals surface area contributed by atoms with Crippen LogP contribution in [0.3, 0.4) is 0 Å². The Morgan fingerprint density at radius 3 is 3.00 bits per heavy atom. The molecule has 0 aromatic carbocycles. The lowest BCUT2D eigenvalue weighted by atomic mass is 10.2. The van der Waals surface area contributed by atoms with E-state index in [2.05, 4.69) is 4.98 Å². The summed E-state index contributed by atoms with van der Waals surface area (Å²) in [5.41, 5.74) is 0. The first-order valence-corrected chi connectivity index (χ1v) is 7.43. The van der Waals surface area contributed by atoms with Gasteiger partial charge in [0.15, 0.2) is 8.68 Å². The van der Waals surface area contributed by atoms with Crippen molar-refractivity contribution in [2.45, 2.75) is 23.1 Å². The maximum Gasteiger partial charge on any atom is 0.254 e. The van der Waals surface area contributed by atoms with Crippen LogP contribution in [0.1, 0.15) is 12.8 Å². The molecule has 0 aliphatic carbocycles. The predicted molar refractivity (Wildman–Crippen MR) is 61.1 cm³/mol. The molecule has 1 aromatic rings. The summed E-state index contributed by atoms with van der Waals surface area (Å²) >= 11 is 6.56. The number of nitrogens with zero attached hydrogens (tertiary/aromatic N) is 2. The molecule has 5 nitrogen and oxygen atoms in total. The van der Waals surface area contributed by atoms with Gasteiger partial charge in [0.2, 0.25) is 0 Å². The molecular formula is C8H11ClN2O3S2. The molecule has 8 heteroatoms. The molecule has 0 spiro atoms. The normalized spacial score (nSPS) is 22.8. The van der Waals surface area contributed by atoms with Gasteiger partial charge in [-0.2, -0.15) is 4.31 Å². The van der Waals surface area contributed by atoms with Gasteiger partial charge in [-0.3, -0.25) is 0 Å². The smallest absolute Gasteiger partial charge is 0.254 e. The highest BCUT2D eigenvalue weighted by molar-refractivity contribution is 7.91. The van der Waals surface area contributed by atoms with Gasteiger partial charge in [0.25, 0.3) is 10.0 Å². The van der Waals surface area contributed by atoms with Crippen LogP contribution in [-0.4, -0.2) is 42.0 Å². The van der Waals surface area contributed by atoms with E-state index in [4.69, 9.17) is 16.7 Å². The van der Waals surface area contributed by atoms with E-state index in [0.717, 1.165) is 17.8 Å². The summed E-state index contributed by atoms with van der Waals surface area (Å²) in [7, 11) is -3.53. The second kappa shape index (κ2) is 4.58. The van der Waals surface area contributed by atoms with Crippen LogP contribution >= 0.6 is 22.9 Å². The van der Waals surface area contributed by atoms with Crippen molar-refractivity contribution in [3.05, 3.63) is 10.7 Å². The number of thiazole rings is 1. The third-order valence-corrected chi connectivity index (χ3v) is 6.06. The highest BCUT2D eigenvalue weighted by Crippen LogP contribution is 2.30. The van der Waals surface area contributed by atoms with Crippen LogP contribution < -0.4 is 0 Å². The van der Waals surface area contributed by atoms with Crippen molar-refractivity contribution < 1.29 is 13.5 Å². The molecular weight excluding hydrogens is 272 g/mol. The zero-order valence-corrected chi connectivity index (χ0v) is 10.7. The van der Waals surface area contributed by atoms with Crippen molar-refractivity contribution in [2.75, 3.05) is 13.2 Å². The molecule has 1 fully saturated rings. The molecule has 2 rings (SSSR count). The topological polar surface area (TPSA) is 70.5 Å². The summed E-state index contributed by atoms with van der Waals surface area (Å²) < 4.78 is 26.0. The Hall–Kier alpha value is -0.210. The lowest BCUT2D eigenvalue weighted by Crippen LogP contribution is -2.37. The Balaban J connectivity index is 2.32. The third kappa shape index (κ3) is 2.10. The van der Waals surface area contributed by atoms with Crippen LogP contribution in [0.5, 0.6) is 0 Å². The average Bonchev–Trinajstić information content (AvgIpc) is 2.85. The van der Waals surface area contributed by atoms with E-state index in [0.29, 0.717) is 13.0 Å². The van der Waals surface area contributed by atoms with Crippen LogP contribution in [0.4, 0.5) is 0 Å². The number of hydrogen-bond acceptors (Lipinski definition) is 5. The predicted octanol–water partition coefficient (Wildman–Crippen LogP) is 0.942. The van der Waals surface area contributed by atoms with Crippen molar-refractivity contribution in [3.63, 3.8) is 0 Å². The van der Waals surface area contributed by atoms with Crippen molar-refractivity contribution in [1.82, 2.24) is 9.29 Å². The molecule has 0 amide bonds. The minimum Gasteiger partial charge on any atom is -0.395 e. The zero-order chi connectivity index (χ0) is 11.8. The van der Waals surface area contributed by atoms with Gasteiger partial charge in [-0.15, -0.1) is 0 Å². The molecule has 90 valence electrons. The van der Waals surface area contributed by atoms with Gasteiger partial charge in [0.05, 0.1) is 12.8 Å². The number of rotatable bonds is 3. The van der Waals surface area contributed by atoms with E-state index in [1.165, 1.54) is 10.5 Å². The third-order valence-electron chi connectivity index (χ3n) is 2.55.